The number of rotatable bonds is 4. The third-order valence-electron chi connectivity index (χ3n) is 2.39. The summed E-state index contributed by atoms with van der Waals surface area (Å²) in [6.07, 6.45) is 1.11. The zero-order chi connectivity index (χ0) is 13.8. The first-order valence-corrected chi connectivity index (χ1v) is 5.77. The lowest BCUT2D eigenvalue weighted by Crippen LogP contribution is -2.08. The van der Waals surface area contributed by atoms with Crippen LogP contribution in [0.5, 0.6) is 5.75 Å². The van der Waals surface area contributed by atoms with Gasteiger partial charge in [-0.25, -0.2) is 4.39 Å². The number of ether oxygens (including phenoxy) is 1. The highest BCUT2D eigenvalue weighted by Gasteiger charge is 2.06. The number of aliphatic hydroxyl groups is 1. The Morgan fingerprint density at radius 2 is 2.16 bits per heavy atom. The number of aliphatic hydroxyl groups excluding tert-OH is 1. The Labute approximate surface area is 113 Å². The number of hydrogen-bond acceptors (Lipinski definition) is 4. The summed E-state index contributed by atoms with van der Waals surface area (Å²) >= 11 is 5.55. The fraction of sp³-hybridized carbons (Fsp3) is 0.154. The summed E-state index contributed by atoms with van der Waals surface area (Å²) in [5.41, 5.74) is 0.122. The van der Waals surface area contributed by atoms with Crippen LogP contribution in [-0.4, -0.2) is 5.11 Å². The monoisotopic (exact) mass is 284 g/mol. The smallest absolute Gasteiger partial charge is 0.227 e. The fourth-order valence-corrected chi connectivity index (χ4v) is 1.53. The van der Waals surface area contributed by atoms with Gasteiger partial charge in [0.15, 0.2) is 0 Å². The Balaban J connectivity index is 2.10. The first-order valence-electron chi connectivity index (χ1n) is 5.39. The average molecular weight is 285 g/mol. The van der Waals surface area contributed by atoms with Crippen LogP contribution in [0.2, 0.25) is 5.02 Å². The van der Waals surface area contributed by atoms with Crippen molar-refractivity contribution in [2.75, 3.05) is 0 Å². The van der Waals surface area contributed by atoms with Gasteiger partial charge in [-0.2, -0.15) is 0 Å². The van der Waals surface area contributed by atoms with E-state index in [1.54, 1.807) is 6.07 Å². The molecule has 1 heterocycles. The summed E-state index contributed by atoms with van der Waals surface area (Å²) in [6.45, 7) is -0.352. The summed E-state index contributed by atoms with van der Waals surface area (Å²) in [5.74, 6) is -0.409. The maximum Gasteiger partial charge on any atom is 0.227 e. The summed E-state index contributed by atoms with van der Waals surface area (Å²) in [7, 11) is 0. The van der Waals surface area contributed by atoms with E-state index in [0.29, 0.717) is 5.56 Å². The molecule has 2 aromatic rings. The molecule has 4 nitrogen and oxygen atoms in total. The van der Waals surface area contributed by atoms with Crippen molar-refractivity contribution in [1.29, 1.82) is 0 Å². The largest absolute Gasteiger partial charge is 0.482 e. The van der Waals surface area contributed by atoms with Gasteiger partial charge >= 0.3 is 0 Å². The fourth-order valence-electron chi connectivity index (χ4n) is 1.42. The van der Waals surface area contributed by atoms with Crippen LogP contribution in [-0.2, 0) is 13.2 Å². The lowest BCUT2D eigenvalue weighted by Gasteiger charge is -2.06. The van der Waals surface area contributed by atoms with Crippen LogP contribution in [0.15, 0.2) is 39.7 Å². The van der Waals surface area contributed by atoms with Crippen molar-refractivity contribution < 1.29 is 18.7 Å². The molecule has 0 aliphatic heterocycles. The van der Waals surface area contributed by atoms with Crippen LogP contribution in [0.4, 0.5) is 4.39 Å². The molecule has 6 heteroatoms. The minimum absolute atomic E-state index is 0.00689. The highest BCUT2D eigenvalue weighted by atomic mass is 35.5. The molecule has 19 heavy (non-hydrogen) atoms. The molecule has 0 fully saturated rings. The highest BCUT2D eigenvalue weighted by molar-refractivity contribution is 6.30. The minimum Gasteiger partial charge on any atom is -0.482 e. The zero-order valence-corrected chi connectivity index (χ0v) is 10.5. The third-order valence-corrected chi connectivity index (χ3v) is 2.69. The number of hydrogen-bond donors (Lipinski definition) is 1. The molecular weight excluding hydrogens is 275 g/mol. The second-order valence-electron chi connectivity index (χ2n) is 3.77. The van der Waals surface area contributed by atoms with Crippen molar-refractivity contribution >= 4 is 11.6 Å². The highest BCUT2D eigenvalue weighted by Crippen LogP contribution is 2.16. The van der Waals surface area contributed by atoms with Crippen LogP contribution in [0.25, 0.3) is 0 Å². The van der Waals surface area contributed by atoms with Gasteiger partial charge < -0.3 is 14.3 Å². The SMILES string of the molecule is O=c1cc(CO)occ1OCc1ccc(Cl)c(F)c1. The lowest BCUT2D eigenvalue weighted by molar-refractivity contribution is 0.236. The maximum atomic E-state index is 13.2. The summed E-state index contributed by atoms with van der Waals surface area (Å²) in [4.78, 5) is 11.5. The standard InChI is InChI=1S/C13H10ClFO4/c14-10-2-1-8(3-11(10)15)6-19-13-7-18-9(5-16)4-12(13)17/h1-4,7,16H,5-6H2. The van der Waals surface area contributed by atoms with Gasteiger partial charge in [0, 0.05) is 6.07 Å². The van der Waals surface area contributed by atoms with Crippen molar-refractivity contribution in [3.63, 3.8) is 0 Å². The van der Waals surface area contributed by atoms with Crippen LogP contribution < -0.4 is 10.2 Å². The van der Waals surface area contributed by atoms with Crippen molar-refractivity contribution in [3.05, 3.63) is 62.9 Å². The molecule has 0 radical (unpaired) electrons. The van der Waals surface area contributed by atoms with E-state index in [2.05, 4.69) is 0 Å². The van der Waals surface area contributed by atoms with E-state index in [9.17, 15) is 9.18 Å². The number of halogens is 2. The van der Waals surface area contributed by atoms with Gasteiger partial charge in [-0.1, -0.05) is 17.7 Å². The Morgan fingerprint density at radius 1 is 1.37 bits per heavy atom. The Bertz CT molecular complexity index is 639. The van der Waals surface area contributed by atoms with Gasteiger partial charge in [0.2, 0.25) is 11.2 Å². The first-order chi connectivity index (χ1) is 9.10. The lowest BCUT2D eigenvalue weighted by atomic mass is 10.2. The molecule has 0 saturated heterocycles. The van der Waals surface area contributed by atoms with E-state index < -0.39 is 11.2 Å². The number of benzene rings is 1. The topological polar surface area (TPSA) is 59.7 Å². The van der Waals surface area contributed by atoms with Gasteiger partial charge in [0.05, 0.1) is 5.02 Å². The summed E-state index contributed by atoms with van der Waals surface area (Å²) < 4.78 is 23.4. The van der Waals surface area contributed by atoms with Gasteiger partial charge in [0.25, 0.3) is 0 Å². The average Bonchev–Trinajstić information content (AvgIpc) is 2.41. The van der Waals surface area contributed by atoms with Crippen LogP contribution in [0.1, 0.15) is 11.3 Å². The van der Waals surface area contributed by atoms with Crippen molar-refractivity contribution in [3.8, 4) is 5.75 Å². The molecular formula is C13H10ClFO4. The molecule has 0 amide bonds. The quantitative estimate of drug-likeness (QED) is 0.937. The normalized spacial score (nSPS) is 10.5. The molecule has 0 aliphatic rings. The molecule has 1 aromatic carbocycles. The van der Waals surface area contributed by atoms with E-state index in [0.717, 1.165) is 12.3 Å². The molecule has 1 aromatic heterocycles. The van der Waals surface area contributed by atoms with Gasteiger partial charge in [0.1, 0.15) is 31.1 Å². The van der Waals surface area contributed by atoms with Crippen LogP contribution in [0, 0.1) is 5.82 Å². The predicted molar refractivity (Wildman–Crippen MR) is 66.6 cm³/mol. The minimum atomic E-state index is -0.551. The predicted octanol–water partition coefficient (Wildman–Crippen LogP) is 2.50. The third kappa shape index (κ3) is 3.33. The van der Waals surface area contributed by atoms with Crippen molar-refractivity contribution in [1.82, 2.24) is 0 Å². The van der Waals surface area contributed by atoms with E-state index in [1.165, 1.54) is 12.1 Å². The van der Waals surface area contributed by atoms with Crippen molar-refractivity contribution in [2.24, 2.45) is 0 Å². The Hall–Kier alpha value is -1.85. The van der Waals surface area contributed by atoms with Gasteiger partial charge in [-0.05, 0) is 17.7 Å². The zero-order valence-electron chi connectivity index (χ0n) is 9.73. The van der Waals surface area contributed by atoms with Crippen LogP contribution in [0.3, 0.4) is 0 Å². The first kappa shape index (κ1) is 13.6. The van der Waals surface area contributed by atoms with Gasteiger partial charge in [-0.3, -0.25) is 4.79 Å². The van der Waals surface area contributed by atoms with E-state index >= 15 is 0 Å². The molecule has 0 unspecified atom stereocenters. The van der Waals surface area contributed by atoms with Gasteiger partial charge in [-0.15, -0.1) is 0 Å². The molecule has 0 saturated carbocycles. The summed E-state index contributed by atoms with van der Waals surface area (Å²) in [5, 5.41) is 8.81. The molecule has 1 N–H and O–H groups in total. The molecule has 2 rings (SSSR count). The summed E-state index contributed by atoms with van der Waals surface area (Å²) in [6, 6.07) is 5.37. The molecule has 0 atom stereocenters. The van der Waals surface area contributed by atoms with E-state index in [4.69, 9.17) is 25.9 Å². The van der Waals surface area contributed by atoms with E-state index in [1.807, 2.05) is 0 Å². The maximum absolute atomic E-state index is 13.2. The molecule has 0 aliphatic carbocycles. The second-order valence-corrected chi connectivity index (χ2v) is 4.18. The second kappa shape index (κ2) is 5.86. The van der Waals surface area contributed by atoms with Crippen LogP contribution >= 0.6 is 11.6 Å². The Kier molecular flexibility index (Phi) is 4.19. The Morgan fingerprint density at radius 3 is 2.79 bits per heavy atom. The molecule has 0 spiro atoms. The molecule has 0 bridgehead atoms. The molecule has 100 valence electrons. The van der Waals surface area contributed by atoms with Crippen molar-refractivity contribution in [2.45, 2.75) is 13.2 Å². The van der Waals surface area contributed by atoms with E-state index in [-0.39, 0.29) is 29.7 Å².